The summed E-state index contributed by atoms with van der Waals surface area (Å²) < 4.78 is 5.18. The van der Waals surface area contributed by atoms with Crippen LogP contribution in [0, 0.1) is 5.41 Å². The molecule has 0 spiro atoms. The van der Waals surface area contributed by atoms with E-state index >= 15 is 0 Å². The zero-order valence-corrected chi connectivity index (χ0v) is 11.8. The molecule has 1 saturated heterocycles. The van der Waals surface area contributed by atoms with Crippen molar-refractivity contribution in [2.75, 3.05) is 19.8 Å². The summed E-state index contributed by atoms with van der Waals surface area (Å²) in [6.07, 6.45) is 2.31. The number of carbonyl (C=O) groups excluding carboxylic acids is 1. The van der Waals surface area contributed by atoms with E-state index < -0.39 is 23.5 Å². The monoisotopic (exact) mass is 293 g/mol. The number of nitrogens with one attached hydrogen (secondary N) is 2. The number of amides is 2. The largest absolute Gasteiger partial charge is 0.481 e. The fraction of sp³-hybridized carbons (Fsp3) is 0.500. The van der Waals surface area contributed by atoms with E-state index in [9.17, 15) is 14.7 Å². The van der Waals surface area contributed by atoms with Crippen LogP contribution in [0.25, 0.3) is 0 Å². The van der Waals surface area contributed by atoms with Crippen LogP contribution in [0.3, 0.4) is 0 Å². The molecular weight excluding hydrogens is 274 g/mol. The summed E-state index contributed by atoms with van der Waals surface area (Å²) >= 11 is 0. The molecule has 7 nitrogen and oxygen atoms in total. The van der Waals surface area contributed by atoms with Gasteiger partial charge in [-0.1, -0.05) is 6.07 Å². The van der Waals surface area contributed by atoms with Crippen LogP contribution in [-0.4, -0.2) is 47.9 Å². The topological polar surface area (TPSA) is 101 Å². The zero-order chi connectivity index (χ0) is 15.3. The number of carboxylic acids is 1. The van der Waals surface area contributed by atoms with Crippen molar-refractivity contribution < 1.29 is 19.4 Å². The van der Waals surface area contributed by atoms with Crippen LogP contribution in [-0.2, 0) is 16.0 Å². The lowest BCUT2D eigenvalue weighted by molar-refractivity contribution is -0.148. The van der Waals surface area contributed by atoms with Crippen LogP contribution >= 0.6 is 0 Å². The molecule has 0 radical (unpaired) electrons. The van der Waals surface area contributed by atoms with Crippen molar-refractivity contribution in [3.05, 3.63) is 30.1 Å². The SMILES string of the molecule is CC1(C(=O)O)COCC1NC(=O)NCCc1ccccn1. The number of aliphatic carboxylic acids is 1. The van der Waals surface area contributed by atoms with Gasteiger partial charge in [0.1, 0.15) is 5.41 Å². The van der Waals surface area contributed by atoms with Crippen LogP contribution in [0.5, 0.6) is 0 Å². The maximum Gasteiger partial charge on any atom is 0.315 e. The molecule has 0 bridgehead atoms. The van der Waals surface area contributed by atoms with Gasteiger partial charge < -0.3 is 20.5 Å². The maximum atomic E-state index is 11.8. The Balaban J connectivity index is 1.78. The van der Waals surface area contributed by atoms with Gasteiger partial charge >= 0.3 is 12.0 Å². The number of pyridine rings is 1. The van der Waals surface area contributed by atoms with Crippen molar-refractivity contribution in [3.8, 4) is 0 Å². The number of hydrogen-bond acceptors (Lipinski definition) is 4. The average Bonchev–Trinajstić information content (AvgIpc) is 2.83. The van der Waals surface area contributed by atoms with Crippen LogP contribution in [0.2, 0.25) is 0 Å². The number of ether oxygens (including phenoxy) is 1. The van der Waals surface area contributed by atoms with Gasteiger partial charge in [0.2, 0.25) is 0 Å². The van der Waals surface area contributed by atoms with Gasteiger partial charge in [-0.15, -0.1) is 0 Å². The molecule has 2 heterocycles. The Hall–Kier alpha value is -2.15. The Morgan fingerprint density at radius 2 is 2.33 bits per heavy atom. The summed E-state index contributed by atoms with van der Waals surface area (Å²) in [5.74, 6) is -0.973. The van der Waals surface area contributed by atoms with Crippen molar-refractivity contribution in [2.45, 2.75) is 19.4 Å². The van der Waals surface area contributed by atoms with Crippen LogP contribution in [0.15, 0.2) is 24.4 Å². The van der Waals surface area contributed by atoms with Gasteiger partial charge in [-0.25, -0.2) is 4.79 Å². The highest BCUT2D eigenvalue weighted by Crippen LogP contribution is 2.28. The van der Waals surface area contributed by atoms with E-state index in [4.69, 9.17) is 4.74 Å². The molecule has 1 aromatic heterocycles. The second-order valence-corrected chi connectivity index (χ2v) is 5.26. The van der Waals surface area contributed by atoms with Crippen LogP contribution < -0.4 is 10.6 Å². The second kappa shape index (κ2) is 6.53. The van der Waals surface area contributed by atoms with Gasteiger partial charge in [-0.05, 0) is 19.1 Å². The summed E-state index contributed by atoms with van der Waals surface area (Å²) in [4.78, 5) is 27.2. The van der Waals surface area contributed by atoms with Crippen LogP contribution in [0.4, 0.5) is 4.79 Å². The van der Waals surface area contributed by atoms with E-state index in [0.717, 1.165) is 5.69 Å². The number of aromatic nitrogens is 1. The molecule has 0 saturated carbocycles. The highest BCUT2D eigenvalue weighted by molar-refractivity contribution is 5.79. The Bertz CT molecular complexity index is 508. The minimum Gasteiger partial charge on any atom is -0.481 e. The molecule has 21 heavy (non-hydrogen) atoms. The van der Waals surface area contributed by atoms with Gasteiger partial charge in [0.25, 0.3) is 0 Å². The first kappa shape index (κ1) is 15.2. The molecule has 2 atom stereocenters. The molecule has 0 aliphatic carbocycles. The van der Waals surface area contributed by atoms with E-state index in [0.29, 0.717) is 13.0 Å². The van der Waals surface area contributed by atoms with Crippen molar-refractivity contribution in [2.24, 2.45) is 5.41 Å². The van der Waals surface area contributed by atoms with Crippen molar-refractivity contribution in [3.63, 3.8) is 0 Å². The minimum atomic E-state index is -1.08. The molecule has 2 amide bonds. The molecule has 0 aromatic carbocycles. The molecular formula is C14H19N3O4. The molecule has 7 heteroatoms. The lowest BCUT2D eigenvalue weighted by Crippen LogP contribution is -2.52. The Morgan fingerprint density at radius 3 is 3.00 bits per heavy atom. The fourth-order valence-corrected chi connectivity index (χ4v) is 2.14. The Kier molecular flexibility index (Phi) is 4.74. The number of rotatable bonds is 5. The van der Waals surface area contributed by atoms with E-state index in [1.54, 1.807) is 13.1 Å². The highest BCUT2D eigenvalue weighted by atomic mass is 16.5. The van der Waals surface area contributed by atoms with Gasteiger partial charge in [0, 0.05) is 24.9 Å². The normalized spacial score (nSPS) is 24.5. The molecule has 1 aromatic rings. The number of carbonyl (C=O) groups is 2. The Labute approximate surface area is 122 Å². The van der Waals surface area contributed by atoms with Crippen molar-refractivity contribution in [1.29, 1.82) is 0 Å². The second-order valence-electron chi connectivity index (χ2n) is 5.26. The molecule has 114 valence electrons. The fourth-order valence-electron chi connectivity index (χ4n) is 2.14. The van der Waals surface area contributed by atoms with Crippen molar-refractivity contribution in [1.82, 2.24) is 15.6 Å². The van der Waals surface area contributed by atoms with E-state index in [1.165, 1.54) is 0 Å². The molecule has 2 unspecified atom stereocenters. The maximum absolute atomic E-state index is 11.8. The predicted octanol–water partition coefficient (Wildman–Crippen LogP) is 0.413. The number of hydrogen-bond donors (Lipinski definition) is 3. The summed E-state index contributed by atoms with van der Waals surface area (Å²) in [7, 11) is 0. The molecule has 3 N–H and O–H groups in total. The van der Waals surface area contributed by atoms with Crippen molar-refractivity contribution >= 4 is 12.0 Å². The predicted molar refractivity (Wildman–Crippen MR) is 74.8 cm³/mol. The van der Waals surface area contributed by atoms with Gasteiger partial charge in [-0.2, -0.15) is 0 Å². The first-order chi connectivity index (χ1) is 10.0. The summed E-state index contributed by atoms with van der Waals surface area (Å²) in [5.41, 5.74) is -0.199. The van der Waals surface area contributed by atoms with E-state index in [2.05, 4.69) is 15.6 Å². The van der Waals surface area contributed by atoms with Gasteiger partial charge in [0.15, 0.2) is 0 Å². The molecule has 1 fully saturated rings. The standard InChI is InChI=1S/C14H19N3O4/c1-14(12(18)19)9-21-8-11(14)17-13(20)16-7-5-10-4-2-3-6-15-10/h2-4,6,11H,5,7-9H2,1H3,(H,18,19)(H2,16,17,20). The highest BCUT2D eigenvalue weighted by Gasteiger charge is 2.47. The number of urea groups is 1. The van der Waals surface area contributed by atoms with E-state index in [1.807, 2.05) is 18.2 Å². The van der Waals surface area contributed by atoms with E-state index in [-0.39, 0.29) is 13.2 Å². The smallest absolute Gasteiger partial charge is 0.315 e. The zero-order valence-electron chi connectivity index (χ0n) is 11.8. The molecule has 2 rings (SSSR count). The lowest BCUT2D eigenvalue weighted by atomic mass is 9.85. The molecule has 1 aliphatic rings. The van der Waals surface area contributed by atoms with Crippen LogP contribution in [0.1, 0.15) is 12.6 Å². The average molecular weight is 293 g/mol. The lowest BCUT2D eigenvalue weighted by Gasteiger charge is -2.25. The minimum absolute atomic E-state index is 0.0984. The third-order valence-electron chi connectivity index (χ3n) is 3.64. The first-order valence-electron chi connectivity index (χ1n) is 6.78. The Morgan fingerprint density at radius 1 is 1.52 bits per heavy atom. The first-order valence-corrected chi connectivity index (χ1v) is 6.78. The number of nitrogens with zero attached hydrogens (tertiary/aromatic N) is 1. The summed E-state index contributed by atoms with van der Waals surface area (Å²) in [6, 6.07) is 4.66. The summed E-state index contributed by atoms with van der Waals surface area (Å²) in [5, 5.41) is 14.6. The van der Waals surface area contributed by atoms with Gasteiger partial charge in [-0.3, -0.25) is 9.78 Å². The summed E-state index contributed by atoms with van der Waals surface area (Å²) in [6.45, 7) is 2.30. The van der Waals surface area contributed by atoms with Gasteiger partial charge in [0.05, 0.1) is 19.3 Å². The third kappa shape index (κ3) is 3.69. The number of carboxylic acid groups (broad SMARTS) is 1. The molecule has 1 aliphatic heterocycles. The third-order valence-corrected chi connectivity index (χ3v) is 3.64. The quantitative estimate of drug-likeness (QED) is 0.730.